The van der Waals surface area contributed by atoms with Gasteiger partial charge in [0.05, 0.1) is 6.42 Å². The lowest BCUT2D eigenvalue weighted by molar-refractivity contribution is -0.168. The zero-order chi connectivity index (χ0) is 52.4. The number of likely N-dealkylation sites (N-methyl/N-ethyl adjacent to an activating group) is 1. The Hall–Kier alpha value is -6.52. The number of ether oxygens (including phenoxy) is 1. The molecule has 1 aromatic carbocycles. The third-order valence-electron chi connectivity index (χ3n) is 12.9. The standard InChI is InChI=1S/C47H74N10O13/c1-8-11-12-15-34(59)51-32(24-36(61)62)41(64)55-38-27(6)70-46(69)37(25(4)9-2)54-42(65)33(23-28-16-18-29(58)19-17-28)56(7)45(68)39(26(5)10-3)57-35(60)21-20-31(44(57)67)53-40(63)30(52-43(38)66)14-13-22-50-47(48)49/h16-19,25-27,30-33,35,37-39,58,60H,8-15,20-24H2,1-7H3,(H,51,59)(H,52,66)(H,53,63)(H,54,65)(H,55,64)(H,61,62)(H4,48,49,50). The van der Waals surface area contributed by atoms with E-state index in [1.54, 1.807) is 39.8 Å². The number of carboxylic acid groups (broad SMARTS) is 1. The number of carbonyl (C=O) groups excluding carboxylic acids is 8. The first-order valence-corrected chi connectivity index (χ1v) is 24.1. The molecule has 2 fully saturated rings. The number of aliphatic carboxylic acids is 1. The molecule has 0 radical (unpaired) electrons. The molecule has 11 unspecified atom stereocenters. The second kappa shape index (κ2) is 27.6. The maximum Gasteiger partial charge on any atom is 0.329 e. The number of esters is 1. The molecule has 23 heteroatoms. The van der Waals surface area contributed by atoms with Crippen LogP contribution in [0.25, 0.3) is 0 Å². The Balaban J connectivity index is 2.27. The van der Waals surface area contributed by atoms with E-state index in [-0.39, 0.29) is 56.8 Å². The quantitative estimate of drug-likeness (QED) is 0.0366. The van der Waals surface area contributed by atoms with E-state index >= 15 is 0 Å². The minimum Gasteiger partial charge on any atom is -0.508 e. The number of aromatic hydroxyl groups is 1. The number of unbranched alkanes of at least 4 members (excludes halogenated alkanes) is 2. The molecule has 1 aromatic rings. The number of carbonyl (C=O) groups is 9. The average molecular weight is 987 g/mol. The number of phenolic OH excluding ortho intramolecular Hbond substituents is 1. The van der Waals surface area contributed by atoms with Gasteiger partial charge >= 0.3 is 11.9 Å². The summed E-state index contributed by atoms with van der Waals surface area (Å²) in [6.45, 7) is 10.0. The van der Waals surface area contributed by atoms with E-state index < -0.39 is 126 Å². The predicted molar refractivity (Wildman–Crippen MR) is 255 cm³/mol. The van der Waals surface area contributed by atoms with Crippen LogP contribution in [0.1, 0.15) is 118 Å². The third kappa shape index (κ3) is 16.6. The summed E-state index contributed by atoms with van der Waals surface area (Å²) in [6.07, 6.45) is -1.87. The average Bonchev–Trinajstić information content (AvgIpc) is 3.30. The van der Waals surface area contributed by atoms with Gasteiger partial charge in [0.2, 0.25) is 41.4 Å². The highest BCUT2D eigenvalue weighted by molar-refractivity contribution is 5.99. The molecule has 0 aromatic heterocycles. The molecule has 2 bridgehead atoms. The van der Waals surface area contributed by atoms with Crippen molar-refractivity contribution in [1.29, 1.82) is 0 Å². The van der Waals surface area contributed by atoms with Crippen molar-refractivity contribution in [2.75, 3.05) is 13.6 Å². The first-order chi connectivity index (χ1) is 33.0. The van der Waals surface area contributed by atoms with Crippen LogP contribution in [0.5, 0.6) is 5.75 Å². The van der Waals surface area contributed by atoms with Crippen LogP contribution >= 0.6 is 0 Å². The number of aliphatic hydroxyl groups is 1. The number of aliphatic imine (C=N–C) groups is 1. The van der Waals surface area contributed by atoms with Crippen molar-refractivity contribution in [3.63, 3.8) is 0 Å². The SMILES string of the molecule is CCCCCC(=O)NC(CC(=O)O)C(=O)NC1C(=O)NC(CCCN=C(N)N)C(=O)NC2CCC(O)N(C2=O)C(C(C)CC)C(=O)N(C)C(Cc2ccc(O)cc2)C(=O)NC(C(C)CC)C(=O)OC1C. The van der Waals surface area contributed by atoms with Crippen LogP contribution < -0.4 is 38.1 Å². The van der Waals surface area contributed by atoms with E-state index in [0.29, 0.717) is 31.2 Å². The van der Waals surface area contributed by atoms with E-state index in [9.17, 15) is 58.5 Å². The molecule has 2 heterocycles. The first-order valence-electron chi connectivity index (χ1n) is 24.1. The van der Waals surface area contributed by atoms with Gasteiger partial charge in [-0.1, -0.05) is 72.4 Å². The number of hydrogen-bond acceptors (Lipinski definition) is 13. The van der Waals surface area contributed by atoms with Gasteiger partial charge in [0, 0.05) is 26.4 Å². The van der Waals surface area contributed by atoms with Gasteiger partial charge < -0.3 is 67.9 Å². The molecule has 0 spiro atoms. The van der Waals surface area contributed by atoms with Crippen molar-refractivity contribution >= 4 is 59.2 Å². The maximum absolute atomic E-state index is 14.9. The van der Waals surface area contributed by atoms with E-state index in [4.69, 9.17) is 16.2 Å². The highest BCUT2D eigenvalue weighted by Gasteiger charge is 2.47. The number of aliphatic hydroxyl groups excluding tert-OH is 1. The second-order valence-electron chi connectivity index (χ2n) is 18.2. The number of fused-ring (bicyclic) bond motifs is 2. The first kappa shape index (κ1) is 57.8. The summed E-state index contributed by atoms with van der Waals surface area (Å²) in [4.78, 5) is 132. The smallest absolute Gasteiger partial charge is 0.329 e. The van der Waals surface area contributed by atoms with Gasteiger partial charge in [-0.2, -0.15) is 0 Å². The van der Waals surface area contributed by atoms with Gasteiger partial charge in [-0.05, 0) is 68.6 Å². The Morgan fingerprint density at radius 1 is 0.886 bits per heavy atom. The zero-order valence-electron chi connectivity index (χ0n) is 41.3. The van der Waals surface area contributed by atoms with Crippen LogP contribution in [-0.2, 0) is 54.3 Å². The van der Waals surface area contributed by atoms with E-state index in [1.807, 2.05) is 6.92 Å². The van der Waals surface area contributed by atoms with Crippen LogP contribution in [0.3, 0.4) is 0 Å². The molecule has 3 rings (SSSR count). The number of guanidine groups is 1. The normalized spacial score (nSPS) is 25.3. The van der Waals surface area contributed by atoms with Crippen molar-refractivity contribution in [2.24, 2.45) is 28.3 Å². The maximum atomic E-state index is 14.9. The highest BCUT2D eigenvalue weighted by atomic mass is 16.5. The monoisotopic (exact) mass is 987 g/mol. The van der Waals surface area contributed by atoms with Crippen molar-refractivity contribution < 1.29 is 63.2 Å². The number of nitrogens with zero attached hydrogens (tertiary/aromatic N) is 3. The molecule has 7 amide bonds. The van der Waals surface area contributed by atoms with Crippen LogP contribution in [-0.4, -0.2) is 153 Å². The number of carboxylic acids is 1. The Morgan fingerprint density at radius 3 is 2.14 bits per heavy atom. The second-order valence-corrected chi connectivity index (χ2v) is 18.2. The summed E-state index contributed by atoms with van der Waals surface area (Å²) < 4.78 is 5.87. The molecule has 0 saturated carbocycles. The largest absolute Gasteiger partial charge is 0.508 e. The fourth-order valence-corrected chi connectivity index (χ4v) is 8.23. The summed E-state index contributed by atoms with van der Waals surface area (Å²) in [5, 5.41) is 44.0. The van der Waals surface area contributed by atoms with Crippen LogP contribution in [0.2, 0.25) is 0 Å². The van der Waals surface area contributed by atoms with Crippen molar-refractivity contribution in [2.45, 2.75) is 173 Å². The van der Waals surface area contributed by atoms with Crippen LogP contribution in [0.4, 0.5) is 0 Å². The van der Waals surface area contributed by atoms with Gasteiger partial charge in [-0.15, -0.1) is 0 Å². The molecule has 2 aliphatic rings. The number of benzene rings is 1. The Bertz CT molecular complexity index is 2030. The summed E-state index contributed by atoms with van der Waals surface area (Å²) >= 11 is 0. The molecule has 11 atom stereocenters. The van der Waals surface area contributed by atoms with E-state index in [2.05, 4.69) is 31.6 Å². The molecular formula is C47H74N10O13. The summed E-state index contributed by atoms with van der Waals surface area (Å²) in [7, 11) is 1.35. The van der Waals surface area contributed by atoms with E-state index in [0.717, 1.165) is 16.2 Å². The Labute approximate surface area is 408 Å². The van der Waals surface area contributed by atoms with Crippen molar-refractivity contribution in [3.8, 4) is 5.75 Å². The molecule has 0 aliphatic carbocycles. The molecule has 2 aliphatic heterocycles. The highest BCUT2D eigenvalue weighted by Crippen LogP contribution is 2.28. The van der Waals surface area contributed by atoms with Crippen molar-refractivity contribution in [3.05, 3.63) is 29.8 Å². The number of amides is 7. The predicted octanol–water partition coefficient (Wildman–Crippen LogP) is -0.359. The number of phenols is 1. The molecule has 70 heavy (non-hydrogen) atoms. The number of nitrogens with one attached hydrogen (secondary N) is 5. The number of piperidine rings is 1. The molecule has 12 N–H and O–H groups in total. The summed E-state index contributed by atoms with van der Waals surface area (Å²) in [5.74, 6) is -10.2. The minimum absolute atomic E-state index is 0.00398. The minimum atomic E-state index is -1.88. The van der Waals surface area contributed by atoms with Crippen LogP contribution in [0.15, 0.2) is 29.3 Å². The van der Waals surface area contributed by atoms with Gasteiger partial charge in [-0.3, -0.25) is 43.3 Å². The lowest BCUT2D eigenvalue weighted by atomic mass is 9.91. The Kier molecular flexibility index (Phi) is 22.8. The van der Waals surface area contributed by atoms with Gasteiger partial charge in [0.25, 0.3) is 0 Å². The van der Waals surface area contributed by atoms with Crippen LogP contribution in [0, 0.1) is 11.8 Å². The molecule has 2 saturated heterocycles. The van der Waals surface area contributed by atoms with Crippen molar-refractivity contribution in [1.82, 2.24) is 36.4 Å². The fraction of sp³-hybridized carbons (Fsp3) is 0.660. The van der Waals surface area contributed by atoms with Gasteiger partial charge in [-0.25, -0.2) is 4.79 Å². The third-order valence-corrected chi connectivity index (χ3v) is 12.9. The topological polar surface area (TPSA) is 355 Å². The molecule has 23 nitrogen and oxygen atoms in total. The summed E-state index contributed by atoms with van der Waals surface area (Å²) in [6, 6.07) is -4.72. The van der Waals surface area contributed by atoms with E-state index in [1.165, 1.54) is 26.1 Å². The van der Waals surface area contributed by atoms with Gasteiger partial charge in [0.1, 0.15) is 60.4 Å². The molecular weight excluding hydrogens is 913 g/mol. The zero-order valence-corrected chi connectivity index (χ0v) is 41.3. The number of cyclic esters (lactones) is 1. The van der Waals surface area contributed by atoms with Gasteiger partial charge in [0.15, 0.2) is 5.96 Å². The number of nitrogens with two attached hydrogens (primary N) is 2. The molecule has 390 valence electrons. The number of hydrogen-bond donors (Lipinski definition) is 10. The lowest BCUT2D eigenvalue weighted by Gasteiger charge is -2.44. The fourth-order valence-electron chi connectivity index (χ4n) is 8.23. The Morgan fingerprint density at radius 2 is 1.54 bits per heavy atom. The number of rotatable bonds is 19. The summed E-state index contributed by atoms with van der Waals surface area (Å²) in [5.41, 5.74) is 11.5. The lowest BCUT2D eigenvalue weighted by Crippen LogP contribution is -2.66.